The van der Waals surface area contributed by atoms with Crippen molar-refractivity contribution in [3.05, 3.63) is 47.5 Å². The van der Waals surface area contributed by atoms with E-state index in [0.29, 0.717) is 18.7 Å². The zero-order valence-corrected chi connectivity index (χ0v) is 9.15. The number of benzene rings is 1. The van der Waals surface area contributed by atoms with E-state index in [4.69, 9.17) is 5.73 Å². The first kappa shape index (κ1) is 10.8. The Labute approximate surface area is 93.7 Å². The molecule has 0 atom stereocenters. The summed E-state index contributed by atoms with van der Waals surface area (Å²) < 4.78 is 15.3. The highest BCUT2D eigenvalue weighted by Crippen LogP contribution is 2.15. The molecule has 2 N–H and O–H groups in total. The van der Waals surface area contributed by atoms with Crippen molar-refractivity contribution in [2.75, 3.05) is 6.54 Å². The van der Waals surface area contributed by atoms with E-state index < -0.39 is 0 Å². The lowest BCUT2D eigenvalue weighted by Gasteiger charge is -2.05. The average molecular weight is 219 g/mol. The van der Waals surface area contributed by atoms with Gasteiger partial charge in [0.15, 0.2) is 0 Å². The predicted octanol–water partition coefficient (Wildman–Crippen LogP) is 1.82. The van der Waals surface area contributed by atoms with Crippen LogP contribution in [0.3, 0.4) is 0 Å². The number of nitrogens with two attached hydrogens (primary N) is 1. The first-order valence-electron chi connectivity index (χ1n) is 5.21. The van der Waals surface area contributed by atoms with Gasteiger partial charge in [-0.05, 0) is 43.1 Å². The van der Waals surface area contributed by atoms with Crippen LogP contribution >= 0.6 is 0 Å². The molecule has 0 unspecified atom stereocenters. The predicted molar refractivity (Wildman–Crippen MR) is 61.0 cm³/mol. The fourth-order valence-corrected chi connectivity index (χ4v) is 1.60. The minimum atomic E-state index is -0.269. The molecule has 0 bridgehead atoms. The van der Waals surface area contributed by atoms with E-state index in [0.717, 1.165) is 11.1 Å². The van der Waals surface area contributed by atoms with Crippen LogP contribution in [0.15, 0.2) is 30.6 Å². The Bertz CT molecular complexity index is 491. The number of hydrogen-bond donors (Lipinski definition) is 1. The second-order valence-electron chi connectivity index (χ2n) is 3.79. The van der Waals surface area contributed by atoms with Crippen molar-refractivity contribution in [3.63, 3.8) is 0 Å². The van der Waals surface area contributed by atoms with E-state index in [1.54, 1.807) is 18.5 Å². The SMILES string of the molecule is Cc1cnn(-c2ccc(CCN)cc2F)c1. The molecule has 2 rings (SSSR count). The van der Waals surface area contributed by atoms with Gasteiger partial charge in [-0.2, -0.15) is 5.10 Å². The third-order valence-electron chi connectivity index (χ3n) is 2.40. The van der Waals surface area contributed by atoms with Crippen molar-refractivity contribution in [1.29, 1.82) is 0 Å². The fraction of sp³-hybridized carbons (Fsp3) is 0.250. The van der Waals surface area contributed by atoms with Crippen LogP contribution in [0.4, 0.5) is 4.39 Å². The fourth-order valence-electron chi connectivity index (χ4n) is 1.60. The molecule has 1 aromatic carbocycles. The van der Waals surface area contributed by atoms with E-state index in [1.807, 2.05) is 13.0 Å². The molecule has 3 nitrogen and oxygen atoms in total. The molecule has 0 spiro atoms. The van der Waals surface area contributed by atoms with Crippen molar-refractivity contribution < 1.29 is 4.39 Å². The maximum Gasteiger partial charge on any atom is 0.149 e. The molecule has 16 heavy (non-hydrogen) atoms. The molecule has 0 aliphatic heterocycles. The molecule has 0 saturated heterocycles. The van der Waals surface area contributed by atoms with Gasteiger partial charge in [0.1, 0.15) is 11.5 Å². The van der Waals surface area contributed by atoms with Gasteiger partial charge in [0.2, 0.25) is 0 Å². The van der Waals surface area contributed by atoms with Gasteiger partial charge in [0.25, 0.3) is 0 Å². The summed E-state index contributed by atoms with van der Waals surface area (Å²) in [5.74, 6) is -0.269. The molecule has 0 fully saturated rings. The number of nitrogens with zero attached hydrogens (tertiary/aromatic N) is 2. The van der Waals surface area contributed by atoms with Crippen LogP contribution in [-0.2, 0) is 6.42 Å². The Balaban J connectivity index is 2.36. The van der Waals surface area contributed by atoms with E-state index >= 15 is 0 Å². The summed E-state index contributed by atoms with van der Waals surface area (Å²) in [7, 11) is 0. The van der Waals surface area contributed by atoms with Gasteiger partial charge >= 0.3 is 0 Å². The number of aromatic nitrogens is 2. The second kappa shape index (κ2) is 4.45. The Morgan fingerprint density at radius 3 is 2.81 bits per heavy atom. The maximum atomic E-state index is 13.8. The maximum absolute atomic E-state index is 13.8. The lowest BCUT2D eigenvalue weighted by molar-refractivity contribution is 0.608. The molecule has 0 saturated carbocycles. The standard InChI is InChI=1S/C12H14FN3/c1-9-7-15-16(8-9)12-3-2-10(4-5-14)6-11(12)13/h2-3,6-8H,4-5,14H2,1H3. The monoisotopic (exact) mass is 219 g/mol. The third kappa shape index (κ3) is 2.12. The minimum Gasteiger partial charge on any atom is -0.330 e. The quantitative estimate of drug-likeness (QED) is 0.855. The highest BCUT2D eigenvalue weighted by Gasteiger charge is 2.06. The summed E-state index contributed by atoms with van der Waals surface area (Å²) in [5.41, 5.74) is 7.80. The summed E-state index contributed by atoms with van der Waals surface area (Å²) in [6.45, 7) is 2.45. The summed E-state index contributed by atoms with van der Waals surface area (Å²) in [6.07, 6.45) is 4.18. The number of aryl methyl sites for hydroxylation is 1. The Hall–Kier alpha value is -1.68. The van der Waals surface area contributed by atoms with Crippen molar-refractivity contribution in [1.82, 2.24) is 9.78 Å². The summed E-state index contributed by atoms with van der Waals surface area (Å²) in [6, 6.07) is 5.12. The highest BCUT2D eigenvalue weighted by atomic mass is 19.1. The second-order valence-corrected chi connectivity index (χ2v) is 3.79. The highest BCUT2D eigenvalue weighted by molar-refractivity contribution is 5.36. The van der Waals surface area contributed by atoms with Crippen LogP contribution in [0.2, 0.25) is 0 Å². The van der Waals surface area contributed by atoms with Gasteiger partial charge in [-0.1, -0.05) is 6.07 Å². The number of rotatable bonds is 3. The molecular weight excluding hydrogens is 205 g/mol. The third-order valence-corrected chi connectivity index (χ3v) is 2.40. The van der Waals surface area contributed by atoms with Crippen LogP contribution in [0.25, 0.3) is 5.69 Å². The molecule has 84 valence electrons. The lowest BCUT2D eigenvalue weighted by Crippen LogP contribution is -2.04. The zero-order valence-electron chi connectivity index (χ0n) is 9.15. The van der Waals surface area contributed by atoms with E-state index in [9.17, 15) is 4.39 Å². The Morgan fingerprint density at radius 1 is 1.44 bits per heavy atom. The Kier molecular flexibility index (Phi) is 3.01. The van der Waals surface area contributed by atoms with Crippen LogP contribution in [0.1, 0.15) is 11.1 Å². The lowest BCUT2D eigenvalue weighted by atomic mass is 10.1. The van der Waals surface area contributed by atoms with Gasteiger partial charge in [0.05, 0.1) is 6.20 Å². The summed E-state index contributed by atoms with van der Waals surface area (Å²) >= 11 is 0. The molecule has 2 aromatic rings. The molecule has 0 radical (unpaired) electrons. The molecule has 0 amide bonds. The van der Waals surface area contributed by atoms with Crippen LogP contribution in [0.5, 0.6) is 0 Å². The molecule has 0 aliphatic rings. The average Bonchev–Trinajstić information content (AvgIpc) is 2.65. The number of halogens is 1. The first-order valence-corrected chi connectivity index (χ1v) is 5.21. The topological polar surface area (TPSA) is 43.8 Å². The molecule has 1 heterocycles. The van der Waals surface area contributed by atoms with Gasteiger partial charge in [-0.15, -0.1) is 0 Å². The van der Waals surface area contributed by atoms with Crippen molar-refractivity contribution >= 4 is 0 Å². The van der Waals surface area contributed by atoms with Crippen LogP contribution in [-0.4, -0.2) is 16.3 Å². The zero-order chi connectivity index (χ0) is 11.5. The summed E-state index contributed by atoms with van der Waals surface area (Å²) in [4.78, 5) is 0. The normalized spacial score (nSPS) is 10.7. The smallest absolute Gasteiger partial charge is 0.149 e. The van der Waals surface area contributed by atoms with E-state index in [-0.39, 0.29) is 5.82 Å². The largest absolute Gasteiger partial charge is 0.330 e. The minimum absolute atomic E-state index is 0.269. The molecular formula is C12H14FN3. The van der Waals surface area contributed by atoms with Crippen molar-refractivity contribution in [3.8, 4) is 5.69 Å². The molecule has 1 aromatic heterocycles. The number of hydrogen-bond acceptors (Lipinski definition) is 2. The van der Waals surface area contributed by atoms with Gasteiger partial charge in [0, 0.05) is 6.20 Å². The molecule has 4 heteroatoms. The molecule has 0 aliphatic carbocycles. The van der Waals surface area contributed by atoms with Crippen LogP contribution < -0.4 is 5.73 Å². The van der Waals surface area contributed by atoms with Crippen molar-refractivity contribution in [2.24, 2.45) is 5.73 Å². The Morgan fingerprint density at radius 2 is 2.25 bits per heavy atom. The van der Waals surface area contributed by atoms with Crippen LogP contribution in [0, 0.1) is 12.7 Å². The first-order chi connectivity index (χ1) is 7.70. The van der Waals surface area contributed by atoms with Gasteiger partial charge in [-0.25, -0.2) is 9.07 Å². The van der Waals surface area contributed by atoms with Gasteiger partial charge in [-0.3, -0.25) is 0 Å². The van der Waals surface area contributed by atoms with E-state index in [1.165, 1.54) is 10.7 Å². The van der Waals surface area contributed by atoms with Crippen molar-refractivity contribution in [2.45, 2.75) is 13.3 Å². The van der Waals surface area contributed by atoms with Gasteiger partial charge < -0.3 is 5.73 Å². The van der Waals surface area contributed by atoms with E-state index in [2.05, 4.69) is 5.10 Å². The summed E-state index contributed by atoms with van der Waals surface area (Å²) in [5, 5.41) is 4.07.